The molecule has 0 bridgehead atoms. The molecule has 0 saturated carbocycles. The van der Waals surface area contributed by atoms with E-state index in [1.165, 1.54) is 33.2 Å². The van der Waals surface area contributed by atoms with Gasteiger partial charge >= 0.3 is 0 Å². The summed E-state index contributed by atoms with van der Waals surface area (Å²) in [5, 5.41) is 8.80. The van der Waals surface area contributed by atoms with Crippen LogP contribution in [0.15, 0.2) is 29.2 Å². The van der Waals surface area contributed by atoms with E-state index < -0.39 is 10.0 Å². The Kier molecular flexibility index (Phi) is 6.72. The molecule has 1 aromatic rings. The third kappa shape index (κ3) is 5.58. The average Bonchev–Trinajstić information content (AvgIpc) is 2.43. The number of carbonyl (C=O) groups is 1. The van der Waals surface area contributed by atoms with Crippen LogP contribution in [0.3, 0.4) is 0 Å². The van der Waals surface area contributed by atoms with Crippen molar-refractivity contribution in [2.75, 3.05) is 32.5 Å². The minimum Gasteiger partial charge on any atom is -0.361 e. The summed E-state index contributed by atoms with van der Waals surface area (Å²) < 4.78 is 25.3. The number of rotatable bonds is 6. The molecule has 0 heterocycles. The maximum Gasteiger partial charge on any atom is 0.242 e. The summed E-state index contributed by atoms with van der Waals surface area (Å²) in [5.74, 6) is -0.109. The zero-order valence-electron chi connectivity index (χ0n) is 12.7. The zero-order chi connectivity index (χ0) is 16.8. The van der Waals surface area contributed by atoms with Gasteiger partial charge in [-0.1, -0.05) is 6.07 Å². The molecular formula is C13H20N4O3S2. The van der Waals surface area contributed by atoms with Gasteiger partial charge in [-0.3, -0.25) is 4.79 Å². The Morgan fingerprint density at radius 2 is 1.86 bits per heavy atom. The second-order valence-electron chi connectivity index (χ2n) is 4.68. The highest BCUT2D eigenvalue weighted by atomic mass is 32.2. The number of hydrogen-bond donors (Lipinski definition) is 3. The van der Waals surface area contributed by atoms with Crippen LogP contribution < -0.4 is 16.0 Å². The van der Waals surface area contributed by atoms with Crippen LogP contribution in [0, 0.1) is 0 Å². The fraction of sp³-hybridized carbons (Fsp3) is 0.385. The predicted octanol–water partition coefficient (Wildman–Crippen LogP) is 0.359. The van der Waals surface area contributed by atoms with E-state index in [-0.39, 0.29) is 10.8 Å². The molecule has 122 valence electrons. The van der Waals surface area contributed by atoms with Gasteiger partial charge in [0.1, 0.15) is 0 Å². The first kappa shape index (κ1) is 18.3. The highest BCUT2D eigenvalue weighted by molar-refractivity contribution is 7.89. The number of carbonyl (C=O) groups excluding carboxylic acids is 1. The lowest BCUT2D eigenvalue weighted by molar-refractivity contribution is -0.118. The first-order valence-corrected chi connectivity index (χ1v) is 8.40. The molecule has 0 aliphatic carbocycles. The Bertz CT molecular complexity index is 644. The van der Waals surface area contributed by atoms with Crippen LogP contribution in [0.1, 0.15) is 6.92 Å². The Labute approximate surface area is 136 Å². The standard InChI is InChI=1S/C13H20N4O3S2/c1-10(18)14-7-8-15-13(21)16-11-5-4-6-12(9-11)22(19,20)17(2)3/h4-6,9H,7-8H2,1-3H3,(H,14,18)(H2,15,16,21). The van der Waals surface area contributed by atoms with E-state index in [1.54, 1.807) is 12.1 Å². The quantitative estimate of drug-likeness (QED) is 0.510. The van der Waals surface area contributed by atoms with Crippen molar-refractivity contribution in [2.24, 2.45) is 0 Å². The van der Waals surface area contributed by atoms with Gasteiger partial charge in [-0.05, 0) is 30.4 Å². The Morgan fingerprint density at radius 1 is 1.23 bits per heavy atom. The SMILES string of the molecule is CC(=O)NCCNC(=S)Nc1cccc(S(=O)(=O)N(C)C)c1. The second-order valence-corrected chi connectivity index (χ2v) is 7.24. The maximum atomic E-state index is 12.1. The van der Waals surface area contributed by atoms with E-state index in [1.807, 2.05) is 0 Å². The number of sulfonamides is 1. The monoisotopic (exact) mass is 344 g/mol. The number of benzene rings is 1. The van der Waals surface area contributed by atoms with Crippen LogP contribution in [0.5, 0.6) is 0 Å². The lowest BCUT2D eigenvalue weighted by Gasteiger charge is -2.14. The van der Waals surface area contributed by atoms with E-state index in [0.29, 0.717) is 23.9 Å². The second kappa shape index (κ2) is 8.06. The van der Waals surface area contributed by atoms with Crippen LogP contribution in [0.4, 0.5) is 5.69 Å². The third-order valence-corrected chi connectivity index (χ3v) is 4.71. The van der Waals surface area contributed by atoms with Crippen molar-refractivity contribution >= 4 is 38.9 Å². The number of thiocarbonyl (C=S) groups is 1. The third-order valence-electron chi connectivity index (χ3n) is 2.65. The lowest BCUT2D eigenvalue weighted by Crippen LogP contribution is -2.35. The molecule has 9 heteroatoms. The fourth-order valence-corrected chi connectivity index (χ4v) is 2.70. The number of amides is 1. The van der Waals surface area contributed by atoms with E-state index >= 15 is 0 Å². The van der Waals surface area contributed by atoms with Crippen molar-refractivity contribution in [3.8, 4) is 0 Å². The van der Waals surface area contributed by atoms with Crippen molar-refractivity contribution < 1.29 is 13.2 Å². The van der Waals surface area contributed by atoms with Gasteiger partial charge in [0.2, 0.25) is 15.9 Å². The van der Waals surface area contributed by atoms with E-state index in [4.69, 9.17) is 12.2 Å². The van der Waals surface area contributed by atoms with Crippen molar-refractivity contribution in [3.63, 3.8) is 0 Å². The number of hydrogen-bond acceptors (Lipinski definition) is 4. The minimum atomic E-state index is -3.48. The van der Waals surface area contributed by atoms with Gasteiger partial charge in [0.05, 0.1) is 4.90 Å². The molecule has 0 saturated heterocycles. The van der Waals surface area contributed by atoms with Gasteiger partial charge in [0.15, 0.2) is 5.11 Å². The van der Waals surface area contributed by atoms with Gasteiger partial charge in [-0.2, -0.15) is 0 Å². The summed E-state index contributed by atoms with van der Waals surface area (Å²) in [6.45, 7) is 2.36. The molecule has 22 heavy (non-hydrogen) atoms. The molecule has 0 fully saturated rings. The summed E-state index contributed by atoms with van der Waals surface area (Å²) in [5.41, 5.74) is 0.569. The molecule has 3 N–H and O–H groups in total. The molecule has 1 rings (SSSR count). The summed E-state index contributed by atoms with van der Waals surface area (Å²) in [6, 6.07) is 6.39. The first-order valence-electron chi connectivity index (χ1n) is 6.55. The molecule has 0 radical (unpaired) electrons. The summed E-state index contributed by atoms with van der Waals surface area (Å²) in [6.07, 6.45) is 0. The lowest BCUT2D eigenvalue weighted by atomic mass is 10.3. The van der Waals surface area contributed by atoms with E-state index in [0.717, 1.165) is 4.31 Å². The van der Waals surface area contributed by atoms with E-state index in [2.05, 4.69) is 16.0 Å². The van der Waals surface area contributed by atoms with Crippen molar-refractivity contribution in [2.45, 2.75) is 11.8 Å². The van der Waals surface area contributed by atoms with Crippen LogP contribution >= 0.6 is 12.2 Å². The van der Waals surface area contributed by atoms with Crippen LogP contribution in [-0.4, -0.2) is 50.9 Å². The molecule has 0 aromatic heterocycles. The predicted molar refractivity (Wildman–Crippen MR) is 90.2 cm³/mol. The number of nitrogens with zero attached hydrogens (tertiary/aromatic N) is 1. The van der Waals surface area contributed by atoms with Gasteiger partial charge < -0.3 is 16.0 Å². The normalized spacial score (nSPS) is 11.1. The number of nitrogens with one attached hydrogen (secondary N) is 3. The molecule has 0 spiro atoms. The Hall–Kier alpha value is -1.71. The van der Waals surface area contributed by atoms with Crippen molar-refractivity contribution in [1.82, 2.24) is 14.9 Å². The van der Waals surface area contributed by atoms with Crippen molar-refractivity contribution in [3.05, 3.63) is 24.3 Å². The molecule has 0 atom stereocenters. The molecule has 1 amide bonds. The first-order chi connectivity index (χ1) is 10.2. The Morgan fingerprint density at radius 3 is 2.45 bits per heavy atom. The van der Waals surface area contributed by atoms with Gasteiger partial charge in [-0.15, -0.1) is 0 Å². The zero-order valence-corrected chi connectivity index (χ0v) is 14.3. The average molecular weight is 344 g/mol. The summed E-state index contributed by atoms with van der Waals surface area (Å²) >= 11 is 5.11. The highest BCUT2D eigenvalue weighted by Gasteiger charge is 2.17. The number of anilines is 1. The fourth-order valence-electron chi connectivity index (χ4n) is 1.53. The minimum absolute atomic E-state index is 0.109. The largest absolute Gasteiger partial charge is 0.361 e. The van der Waals surface area contributed by atoms with Crippen LogP contribution in [-0.2, 0) is 14.8 Å². The maximum absolute atomic E-state index is 12.1. The molecule has 0 unspecified atom stereocenters. The van der Waals surface area contributed by atoms with Crippen molar-refractivity contribution in [1.29, 1.82) is 0 Å². The molecule has 7 nitrogen and oxygen atoms in total. The van der Waals surface area contributed by atoms with Crippen LogP contribution in [0.2, 0.25) is 0 Å². The molecule has 1 aromatic carbocycles. The van der Waals surface area contributed by atoms with Gasteiger partial charge in [-0.25, -0.2) is 12.7 Å². The Balaban J connectivity index is 2.64. The summed E-state index contributed by atoms with van der Waals surface area (Å²) in [4.78, 5) is 10.9. The molecule has 0 aliphatic rings. The highest BCUT2D eigenvalue weighted by Crippen LogP contribution is 2.17. The van der Waals surface area contributed by atoms with Gasteiger partial charge in [0, 0.05) is 39.8 Å². The topological polar surface area (TPSA) is 90.5 Å². The molecule has 0 aliphatic heterocycles. The smallest absolute Gasteiger partial charge is 0.242 e. The van der Waals surface area contributed by atoms with Crippen LogP contribution in [0.25, 0.3) is 0 Å². The molecular weight excluding hydrogens is 324 g/mol. The van der Waals surface area contributed by atoms with Gasteiger partial charge in [0.25, 0.3) is 0 Å². The van der Waals surface area contributed by atoms with E-state index in [9.17, 15) is 13.2 Å². The summed E-state index contributed by atoms with van der Waals surface area (Å²) in [7, 11) is -0.532.